The Labute approximate surface area is 106 Å². The SMILES string of the molecule is CC(C)[C@@H]1CC[C@H](NCc2cnc(Cl)s2)C1. The molecule has 16 heavy (non-hydrogen) atoms. The fraction of sp³-hybridized carbons (Fsp3) is 0.750. The summed E-state index contributed by atoms with van der Waals surface area (Å²) in [6, 6.07) is 0.688. The van der Waals surface area contributed by atoms with Crippen LogP contribution < -0.4 is 5.32 Å². The van der Waals surface area contributed by atoms with Gasteiger partial charge in [0.25, 0.3) is 0 Å². The minimum absolute atomic E-state index is 0.642. The minimum atomic E-state index is 0.642. The van der Waals surface area contributed by atoms with E-state index in [1.54, 1.807) is 11.3 Å². The first-order valence-electron chi connectivity index (χ1n) is 5.98. The molecule has 1 aliphatic carbocycles. The maximum Gasteiger partial charge on any atom is 0.183 e. The molecule has 1 aliphatic rings. The molecular formula is C12H19ClN2S. The van der Waals surface area contributed by atoms with Gasteiger partial charge in [0.1, 0.15) is 0 Å². The Balaban J connectivity index is 1.75. The number of rotatable bonds is 4. The van der Waals surface area contributed by atoms with Crippen LogP contribution >= 0.6 is 22.9 Å². The van der Waals surface area contributed by atoms with Crippen LogP contribution in [0, 0.1) is 11.8 Å². The topological polar surface area (TPSA) is 24.9 Å². The number of hydrogen-bond acceptors (Lipinski definition) is 3. The van der Waals surface area contributed by atoms with Crippen molar-refractivity contribution in [2.75, 3.05) is 0 Å². The van der Waals surface area contributed by atoms with E-state index >= 15 is 0 Å². The lowest BCUT2D eigenvalue weighted by Crippen LogP contribution is -2.25. The fourth-order valence-electron chi connectivity index (χ4n) is 2.42. The lowest BCUT2D eigenvalue weighted by molar-refractivity contribution is 0.381. The largest absolute Gasteiger partial charge is 0.309 e. The Morgan fingerprint density at radius 3 is 2.94 bits per heavy atom. The second-order valence-electron chi connectivity index (χ2n) is 4.97. The Kier molecular flexibility index (Phi) is 4.22. The summed E-state index contributed by atoms with van der Waals surface area (Å²) in [5.74, 6) is 1.73. The summed E-state index contributed by atoms with van der Waals surface area (Å²) in [4.78, 5) is 5.28. The van der Waals surface area contributed by atoms with Gasteiger partial charge in [-0.1, -0.05) is 25.4 Å². The van der Waals surface area contributed by atoms with Crippen LogP contribution in [0.3, 0.4) is 0 Å². The molecule has 1 N–H and O–H groups in total. The number of thiazole rings is 1. The molecule has 1 aromatic heterocycles. The molecular weight excluding hydrogens is 240 g/mol. The molecule has 0 aliphatic heterocycles. The van der Waals surface area contributed by atoms with Crippen molar-refractivity contribution in [2.45, 2.75) is 45.7 Å². The van der Waals surface area contributed by atoms with Crippen LogP contribution in [0.15, 0.2) is 6.20 Å². The number of hydrogen-bond donors (Lipinski definition) is 1. The molecule has 2 atom stereocenters. The Morgan fingerprint density at radius 1 is 1.56 bits per heavy atom. The fourth-order valence-corrected chi connectivity index (χ4v) is 3.35. The van der Waals surface area contributed by atoms with Gasteiger partial charge in [-0.3, -0.25) is 0 Å². The normalized spacial score (nSPS) is 25.5. The molecule has 1 saturated carbocycles. The predicted octanol–water partition coefficient (Wildman–Crippen LogP) is 3.71. The van der Waals surface area contributed by atoms with Crippen LogP contribution in [0.25, 0.3) is 0 Å². The summed E-state index contributed by atoms with van der Waals surface area (Å²) in [6.07, 6.45) is 5.88. The molecule has 0 saturated heterocycles. The highest BCUT2D eigenvalue weighted by atomic mass is 35.5. The summed E-state index contributed by atoms with van der Waals surface area (Å²) in [7, 11) is 0. The molecule has 1 aromatic rings. The lowest BCUT2D eigenvalue weighted by atomic mass is 9.94. The van der Waals surface area contributed by atoms with Crippen LogP contribution in [-0.4, -0.2) is 11.0 Å². The van der Waals surface area contributed by atoms with Gasteiger partial charge in [-0.05, 0) is 31.1 Å². The summed E-state index contributed by atoms with van der Waals surface area (Å²) >= 11 is 7.37. The van der Waals surface area contributed by atoms with Crippen molar-refractivity contribution in [3.8, 4) is 0 Å². The molecule has 90 valence electrons. The van der Waals surface area contributed by atoms with Crippen molar-refractivity contribution in [1.29, 1.82) is 0 Å². The van der Waals surface area contributed by atoms with E-state index in [2.05, 4.69) is 24.1 Å². The van der Waals surface area contributed by atoms with Crippen molar-refractivity contribution in [3.05, 3.63) is 15.5 Å². The number of aromatic nitrogens is 1. The second-order valence-corrected chi connectivity index (χ2v) is 6.67. The molecule has 2 rings (SSSR count). The summed E-state index contributed by atoms with van der Waals surface area (Å²) in [6.45, 7) is 5.58. The van der Waals surface area contributed by atoms with E-state index in [0.717, 1.165) is 18.4 Å². The third-order valence-corrected chi connectivity index (χ3v) is 4.62. The zero-order valence-corrected chi connectivity index (χ0v) is 11.4. The Hall–Kier alpha value is -0.120. The molecule has 0 amide bonds. The minimum Gasteiger partial charge on any atom is -0.309 e. The maximum absolute atomic E-state index is 5.80. The smallest absolute Gasteiger partial charge is 0.183 e. The number of nitrogens with zero attached hydrogens (tertiary/aromatic N) is 1. The third kappa shape index (κ3) is 3.19. The first-order chi connectivity index (χ1) is 7.65. The summed E-state index contributed by atoms with van der Waals surface area (Å²) < 4.78 is 0.642. The molecule has 0 aromatic carbocycles. The molecule has 0 spiro atoms. The van der Waals surface area contributed by atoms with Gasteiger partial charge in [0.2, 0.25) is 0 Å². The standard InChI is InChI=1S/C12H19ClN2S/c1-8(2)9-3-4-10(5-9)14-6-11-7-15-12(13)16-11/h7-10,14H,3-6H2,1-2H3/t9-,10+/m1/s1. The third-order valence-electron chi connectivity index (χ3n) is 3.51. The zero-order chi connectivity index (χ0) is 11.5. The molecule has 1 fully saturated rings. The van der Waals surface area contributed by atoms with E-state index in [-0.39, 0.29) is 0 Å². The Bertz CT molecular complexity index is 338. The van der Waals surface area contributed by atoms with Gasteiger partial charge < -0.3 is 5.32 Å². The first-order valence-corrected chi connectivity index (χ1v) is 7.18. The van der Waals surface area contributed by atoms with Gasteiger partial charge in [-0.15, -0.1) is 11.3 Å². The highest BCUT2D eigenvalue weighted by Crippen LogP contribution is 2.31. The molecule has 0 bridgehead atoms. The van der Waals surface area contributed by atoms with E-state index < -0.39 is 0 Å². The van der Waals surface area contributed by atoms with Crippen LogP contribution in [0.4, 0.5) is 0 Å². The van der Waals surface area contributed by atoms with E-state index in [0.29, 0.717) is 10.5 Å². The monoisotopic (exact) mass is 258 g/mol. The van der Waals surface area contributed by atoms with Crippen molar-refractivity contribution in [3.63, 3.8) is 0 Å². The highest BCUT2D eigenvalue weighted by Gasteiger charge is 2.26. The first kappa shape index (κ1) is 12.3. The van der Waals surface area contributed by atoms with Crippen molar-refractivity contribution < 1.29 is 0 Å². The van der Waals surface area contributed by atoms with Crippen LogP contribution in [0.5, 0.6) is 0 Å². The van der Waals surface area contributed by atoms with Crippen molar-refractivity contribution in [2.24, 2.45) is 11.8 Å². The van der Waals surface area contributed by atoms with Crippen LogP contribution in [0.2, 0.25) is 4.47 Å². The van der Waals surface area contributed by atoms with Gasteiger partial charge in [0.05, 0.1) is 0 Å². The van der Waals surface area contributed by atoms with E-state index in [1.807, 2.05) is 6.20 Å². The van der Waals surface area contributed by atoms with E-state index in [4.69, 9.17) is 11.6 Å². The van der Waals surface area contributed by atoms with Crippen molar-refractivity contribution >= 4 is 22.9 Å². The molecule has 2 nitrogen and oxygen atoms in total. The Morgan fingerprint density at radius 2 is 2.38 bits per heavy atom. The summed E-state index contributed by atoms with van der Waals surface area (Å²) in [5, 5.41) is 3.61. The quantitative estimate of drug-likeness (QED) is 0.891. The molecule has 4 heteroatoms. The van der Waals surface area contributed by atoms with E-state index in [1.165, 1.54) is 24.1 Å². The van der Waals surface area contributed by atoms with Gasteiger partial charge in [-0.25, -0.2) is 4.98 Å². The molecule has 0 unspecified atom stereocenters. The van der Waals surface area contributed by atoms with Crippen LogP contribution in [-0.2, 0) is 6.54 Å². The highest BCUT2D eigenvalue weighted by molar-refractivity contribution is 7.15. The molecule has 1 heterocycles. The van der Waals surface area contributed by atoms with Crippen LogP contribution in [0.1, 0.15) is 38.0 Å². The van der Waals surface area contributed by atoms with Gasteiger partial charge in [0.15, 0.2) is 4.47 Å². The van der Waals surface area contributed by atoms with Gasteiger partial charge in [-0.2, -0.15) is 0 Å². The van der Waals surface area contributed by atoms with E-state index in [9.17, 15) is 0 Å². The number of nitrogens with one attached hydrogen (secondary N) is 1. The van der Waals surface area contributed by atoms with Gasteiger partial charge in [0, 0.05) is 23.7 Å². The summed E-state index contributed by atoms with van der Waals surface area (Å²) in [5.41, 5.74) is 0. The van der Waals surface area contributed by atoms with Gasteiger partial charge >= 0.3 is 0 Å². The van der Waals surface area contributed by atoms with Crippen molar-refractivity contribution in [1.82, 2.24) is 10.3 Å². The zero-order valence-electron chi connectivity index (χ0n) is 9.87. The maximum atomic E-state index is 5.80. The second kappa shape index (κ2) is 5.48. The number of halogens is 1. The molecule has 0 radical (unpaired) electrons. The average molecular weight is 259 g/mol. The lowest BCUT2D eigenvalue weighted by Gasteiger charge is -2.15. The average Bonchev–Trinajstić information content (AvgIpc) is 2.83. The predicted molar refractivity (Wildman–Crippen MR) is 69.9 cm³/mol.